The first-order valence-corrected chi connectivity index (χ1v) is 21.8. The molecule has 0 amide bonds. The highest BCUT2D eigenvalue weighted by molar-refractivity contribution is 5.99. The lowest BCUT2D eigenvalue weighted by molar-refractivity contribution is 0.660. The Balaban J connectivity index is 0.983. The Labute approximate surface area is 370 Å². The van der Waals surface area contributed by atoms with E-state index in [0.717, 1.165) is 34.1 Å². The third kappa shape index (κ3) is 6.96. The summed E-state index contributed by atoms with van der Waals surface area (Å²) < 4.78 is 0. The third-order valence-corrected chi connectivity index (χ3v) is 12.8. The van der Waals surface area contributed by atoms with Gasteiger partial charge >= 0.3 is 0 Å². The Morgan fingerprint density at radius 2 is 0.683 bits per heavy atom. The molecular weight excluding hydrogens is 761 g/mol. The van der Waals surface area contributed by atoms with Gasteiger partial charge < -0.3 is 9.80 Å². The van der Waals surface area contributed by atoms with Gasteiger partial charge in [0.25, 0.3) is 0 Å². The minimum atomic E-state index is -0.256. The topological polar surface area (TPSA) is 6.48 Å². The molecule has 0 bridgehead atoms. The average Bonchev–Trinajstić information content (AvgIpc) is 3.57. The average molecular weight is 807 g/mol. The molecule has 10 aromatic carbocycles. The van der Waals surface area contributed by atoms with E-state index in [1.54, 1.807) is 0 Å². The lowest BCUT2D eigenvalue weighted by Gasteiger charge is -2.30. The molecule has 1 aliphatic carbocycles. The molecule has 0 aliphatic heterocycles. The number of rotatable bonds is 9. The van der Waals surface area contributed by atoms with E-state index in [9.17, 15) is 0 Å². The van der Waals surface area contributed by atoms with Gasteiger partial charge in [-0.2, -0.15) is 0 Å². The number of anilines is 6. The summed E-state index contributed by atoms with van der Waals surface area (Å²) >= 11 is 0. The minimum Gasteiger partial charge on any atom is -0.310 e. The minimum absolute atomic E-state index is 0.256. The maximum absolute atomic E-state index is 2.44. The zero-order valence-corrected chi connectivity index (χ0v) is 35.5. The SMILES string of the molecule is CC1(C)c2cc(N(c3ccccc3)c3ccc(-c4ccccc4)cc3)ccc2-c2ccc(N(c3ccc(-c4cccc(-c5ccccc5)c4)cc3)c3cccc4ccccc34)cc21. The number of para-hydroxylation sites is 1. The van der Waals surface area contributed by atoms with Crippen molar-refractivity contribution < 1.29 is 0 Å². The van der Waals surface area contributed by atoms with Crippen LogP contribution >= 0.6 is 0 Å². The highest BCUT2D eigenvalue weighted by Gasteiger charge is 2.37. The van der Waals surface area contributed by atoms with Crippen LogP contribution in [0, 0.1) is 0 Å². The summed E-state index contributed by atoms with van der Waals surface area (Å²) in [6.07, 6.45) is 0. The molecule has 1 aliphatic rings. The number of fused-ring (bicyclic) bond motifs is 4. The summed E-state index contributed by atoms with van der Waals surface area (Å²) in [5.74, 6) is 0. The molecule has 10 aromatic rings. The van der Waals surface area contributed by atoms with Gasteiger partial charge in [-0.1, -0.05) is 184 Å². The molecule has 0 radical (unpaired) electrons. The summed E-state index contributed by atoms with van der Waals surface area (Å²) in [5, 5.41) is 2.43. The Morgan fingerprint density at radius 1 is 0.286 bits per heavy atom. The first-order valence-electron chi connectivity index (χ1n) is 21.8. The summed E-state index contributed by atoms with van der Waals surface area (Å²) in [6, 6.07) is 88.2. The van der Waals surface area contributed by atoms with Gasteiger partial charge in [0.15, 0.2) is 0 Å². The Kier molecular flexibility index (Phi) is 9.55. The first-order chi connectivity index (χ1) is 31.0. The second-order valence-electron chi connectivity index (χ2n) is 17.0. The van der Waals surface area contributed by atoms with Crippen LogP contribution < -0.4 is 9.80 Å². The van der Waals surface area contributed by atoms with Gasteiger partial charge in [0, 0.05) is 39.2 Å². The van der Waals surface area contributed by atoms with Crippen molar-refractivity contribution in [2.45, 2.75) is 19.3 Å². The fourth-order valence-electron chi connectivity index (χ4n) is 9.59. The van der Waals surface area contributed by atoms with Gasteiger partial charge in [0.2, 0.25) is 0 Å². The maximum Gasteiger partial charge on any atom is 0.0540 e. The number of nitrogens with zero attached hydrogens (tertiary/aromatic N) is 2. The Bertz CT molecular complexity index is 3220. The van der Waals surface area contributed by atoms with Crippen LogP contribution in [0.4, 0.5) is 34.1 Å². The Morgan fingerprint density at radius 3 is 1.29 bits per heavy atom. The van der Waals surface area contributed by atoms with Gasteiger partial charge in [-0.15, -0.1) is 0 Å². The van der Waals surface area contributed by atoms with Gasteiger partial charge in [-0.3, -0.25) is 0 Å². The van der Waals surface area contributed by atoms with Crippen LogP contribution in [0.3, 0.4) is 0 Å². The van der Waals surface area contributed by atoms with E-state index in [1.165, 1.54) is 66.4 Å². The van der Waals surface area contributed by atoms with Crippen molar-refractivity contribution in [1.82, 2.24) is 0 Å². The van der Waals surface area contributed by atoms with E-state index in [-0.39, 0.29) is 5.41 Å². The van der Waals surface area contributed by atoms with Crippen LogP contribution in [0.1, 0.15) is 25.0 Å². The van der Waals surface area contributed by atoms with Crippen molar-refractivity contribution in [3.8, 4) is 44.5 Å². The number of hydrogen-bond acceptors (Lipinski definition) is 2. The predicted molar refractivity (Wildman–Crippen MR) is 267 cm³/mol. The van der Waals surface area contributed by atoms with E-state index in [0.29, 0.717) is 0 Å². The van der Waals surface area contributed by atoms with Gasteiger partial charge in [-0.05, 0) is 134 Å². The summed E-state index contributed by atoms with van der Waals surface area (Å²) in [6.45, 7) is 4.76. The van der Waals surface area contributed by atoms with Crippen molar-refractivity contribution in [2.75, 3.05) is 9.80 Å². The van der Waals surface area contributed by atoms with Crippen LogP contribution in [-0.4, -0.2) is 0 Å². The maximum atomic E-state index is 2.44. The van der Waals surface area contributed by atoms with E-state index in [2.05, 4.69) is 266 Å². The van der Waals surface area contributed by atoms with Crippen molar-refractivity contribution in [1.29, 1.82) is 0 Å². The van der Waals surface area contributed by atoms with Crippen molar-refractivity contribution in [3.63, 3.8) is 0 Å². The third-order valence-electron chi connectivity index (χ3n) is 12.8. The normalized spacial score (nSPS) is 12.4. The monoisotopic (exact) mass is 806 g/mol. The summed E-state index contributed by atoms with van der Waals surface area (Å²) in [7, 11) is 0. The molecule has 0 N–H and O–H groups in total. The molecule has 63 heavy (non-hydrogen) atoms. The molecule has 0 saturated heterocycles. The highest BCUT2D eigenvalue weighted by Crippen LogP contribution is 2.53. The largest absolute Gasteiger partial charge is 0.310 e. The fraction of sp³-hybridized carbons (Fsp3) is 0.0492. The van der Waals surface area contributed by atoms with Crippen molar-refractivity contribution in [2.24, 2.45) is 0 Å². The van der Waals surface area contributed by atoms with E-state index in [1.807, 2.05) is 0 Å². The van der Waals surface area contributed by atoms with Gasteiger partial charge in [0.05, 0.1) is 5.69 Å². The zero-order valence-electron chi connectivity index (χ0n) is 35.5. The molecule has 0 spiro atoms. The number of benzene rings is 10. The van der Waals surface area contributed by atoms with Gasteiger partial charge in [0.1, 0.15) is 0 Å². The molecule has 2 nitrogen and oxygen atoms in total. The van der Waals surface area contributed by atoms with Crippen LogP contribution in [0.15, 0.2) is 243 Å². The molecule has 0 saturated carbocycles. The molecule has 0 atom stereocenters. The molecule has 11 rings (SSSR count). The highest BCUT2D eigenvalue weighted by atomic mass is 15.1. The van der Waals surface area contributed by atoms with Gasteiger partial charge in [-0.25, -0.2) is 0 Å². The van der Waals surface area contributed by atoms with E-state index >= 15 is 0 Å². The van der Waals surface area contributed by atoms with Crippen molar-refractivity contribution >= 4 is 44.9 Å². The molecule has 0 fully saturated rings. The zero-order chi connectivity index (χ0) is 42.3. The van der Waals surface area contributed by atoms with Crippen LogP contribution in [-0.2, 0) is 5.41 Å². The molecule has 2 heteroatoms. The van der Waals surface area contributed by atoms with E-state index < -0.39 is 0 Å². The van der Waals surface area contributed by atoms with Crippen molar-refractivity contribution in [3.05, 3.63) is 254 Å². The second kappa shape index (κ2) is 15.8. The Hall–Kier alpha value is -7.94. The molecule has 300 valence electrons. The molecule has 0 heterocycles. The second-order valence-corrected chi connectivity index (χ2v) is 17.0. The lowest BCUT2D eigenvalue weighted by Crippen LogP contribution is -2.17. The van der Waals surface area contributed by atoms with Crippen LogP contribution in [0.25, 0.3) is 55.3 Å². The van der Waals surface area contributed by atoms with Crippen LogP contribution in [0.5, 0.6) is 0 Å². The number of hydrogen-bond donors (Lipinski definition) is 0. The lowest BCUT2D eigenvalue weighted by atomic mass is 9.82. The smallest absolute Gasteiger partial charge is 0.0540 e. The molecular formula is C61H46N2. The standard InChI is InChI=1S/C61H46N2/c1-61(2)58-41-53(62(50-24-10-5-11-25-50)51-32-28-45(29-33-51)43-16-6-3-7-17-43)36-38-56(58)57-39-37-54(42-59(57)61)63(60-27-15-21-47-20-12-13-26-55(47)60)52-34-30-46(31-35-52)49-23-14-22-48(40-49)44-18-8-4-9-19-44/h3-42H,1-2H3. The first kappa shape index (κ1) is 38.0. The van der Waals surface area contributed by atoms with Crippen LogP contribution in [0.2, 0.25) is 0 Å². The predicted octanol–water partition coefficient (Wildman–Crippen LogP) is 17.1. The summed E-state index contributed by atoms with van der Waals surface area (Å²) in [4.78, 5) is 4.82. The quantitative estimate of drug-likeness (QED) is 0.143. The summed E-state index contributed by atoms with van der Waals surface area (Å²) in [5.41, 5.74) is 19.0. The van der Waals surface area contributed by atoms with E-state index in [4.69, 9.17) is 0 Å². The fourth-order valence-corrected chi connectivity index (χ4v) is 9.59. The molecule has 0 unspecified atom stereocenters. The molecule has 0 aromatic heterocycles.